The predicted octanol–water partition coefficient (Wildman–Crippen LogP) is 1.19. The van der Waals surface area contributed by atoms with Gasteiger partial charge in [-0.15, -0.1) is 0 Å². The molecule has 6 nitrogen and oxygen atoms in total. The van der Waals surface area contributed by atoms with Crippen molar-refractivity contribution < 1.29 is 30.5 Å². The van der Waals surface area contributed by atoms with E-state index in [9.17, 15) is 21.6 Å². The van der Waals surface area contributed by atoms with Crippen LogP contribution >= 0.6 is 0 Å². The van der Waals surface area contributed by atoms with Crippen molar-refractivity contribution in [3.8, 4) is 17.7 Å². The molecule has 0 atom stereocenters. The number of ether oxygens (including phenoxy) is 1. The van der Waals surface area contributed by atoms with Crippen molar-refractivity contribution in [1.82, 2.24) is 4.98 Å². The number of hydrogen-bond acceptors (Lipinski definition) is 6. The van der Waals surface area contributed by atoms with Crippen LogP contribution in [0.25, 0.3) is 0 Å². The maximum Gasteiger partial charge on any atom is 0.534 e. The number of aromatic nitrogens is 1. The largest absolute Gasteiger partial charge is 0.534 e. The summed E-state index contributed by atoms with van der Waals surface area (Å²) in [6, 6.07) is 2.62. The van der Waals surface area contributed by atoms with Gasteiger partial charge < -0.3 is 8.92 Å². The number of alkyl halides is 3. The van der Waals surface area contributed by atoms with Gasteiger partial charge in [-0.3, -0.25) is 0 Å². The fourth-order valence-electron chi connectivity index (χ4n) is 0.913. The number of nitrogens with zero attached hydrogens (tertiary/aromatic N) is 2. The van der Waals surface area contributed by atoms with E-state index in [-0.39, 0.29) is 5.75 Å². The molecule has 0 aliphatic rings. The molecule has 10 heteroatoms. The number of pyridine rings is 1. The van der Waals surface area contributed by atoms with Crippen LogP contribution in [0.4, 0.5) is 13.2 Å². The predicted molar refractivity (Wildman–Crippen MR) is 51.1 cm³/mol. The van der Waals surface area contributed by atoms with Crippen LogP contribution in [0, 0.1) is 11.3 Å². The topological polar surface area (TPSA) is 89.3 Å². The second-order valence-corrected chi connectivity index (χ2v) is 4.33. The Labute approximate surface area is 99.7 Å². The van der Waals surface area contributed by atoms with E-state index < -0.39 is 27.1 Å². The minimum absolute atomic E-state index is 0.153. The summed E-state index contributed by atoms with van der Waals surface area (Å²) in [6.07, 6.45) is 0.945. The molecule has 0 spiro atoms. The first-order valence-corrected chi connectivity index (χ1v) is 5.57. The quantitative estimate of drug-likeness (QED) is 0.611. The van der Waals surface area contributed by atoms with Gasteiger partial charge in [0.15, 0.2) is 5.56 Å². The fourth-order valence-corrected chi connectivity index (χ4v) is 1.34. The Balaban J connectivity index is 3.26. The third kappa shape index (κ3) is 2.62. The zero-order valence-corrected chi connectivity index (χ0v) is 9.54. The summed E-state index contributed by atoms with van der Waals surface area (Å²) in [6.45, 7) is 0. The first kappa shape index (κ1) is 14.0. The zero-order chi connectivity index (χ0) is 14.0. The van der Waals surface area contributed by atoms with Gasteiger partial charge in [-0.1, -0.05) is 0 Å². The molecule has 1 aromatic heterocycles. The van der Waals surface area contributed by atoms with Gasteiger partial charge in [-0.2, -0.15) is 26.9 Å². The molecule has 18 heavy (non-hydrogen) atoms. The highest BCUT2D eigenvalue weighted by molar-refractivity contribution is 7.87. The molecule has 0 amide bonds. The van der Waals surface area contributed by atoms with Crippen molar-refractivity contribution >= 4 is 10.1 Å². The second kappa shape index (κ2) is 4.69. The summed E-state index contributed by atoms with van der Waals surface area (Å²) in [5.74, 6) is -1.14. The lowest BCUT2D eigenvalue weighted by Gasteiger charge is -2.10. The SMILES string of the molecule is COc1ccnc(OS(=O)(=O)C(F)(F)F)c1C#N. The van der Waals surface area contributed by atoms with Crippen molar-refractivity contribution in [1.29, 1.82) is 5.26 Å². The van der Waals surface area contributed by atoms with Gasteiger partial charge in [0, 0.05) is 12.3 Å². The molecule has 0 unspecified atom stereocenters. The van der Waals surface area contributed by atoms with Crippen LogP contribution in [0.1, 0.15) is 5.56 Å². The van der Waals surface area contributed by atoms with Gasteiger partial charge in [-0.25, -0.2) is 4.98 Å². The van der Waals surface area contributed by atoms with Crippen molar-refractivity contribution in [2.75, 3.05) is 7.11 Å². The van der Waals surface area contributed by atoms with Gasteiger partial charge in [0.25, 0.3) is 5.88 Å². The highest BCUT2D eigenvalue weighted by atomic mass is 32.2. The van der Waals surface area contributed by atoms with Crippen LogP contribution in [0.2, 0.25) is 0 Å². The van der Waals surface area contributed by atoms with E-state index in [4.69, 9.17) is 5.26 Å². The third-order valence-corrected chi connectivity index (χ3v) is 2.63. The summed E-state index contributed by atoms with van der Waals surface area (Å²) in [5, 5.41) is 8.70. The summed E-state index contributed by atoms with van der Waals surface area (Å²) in [4.78, 5) is 3.25. The molecule has 98 valence electrons. The molecule has 0 radical (unpaired) electrons. The number of rotatable bonds is 3. The molecule has 1 rings (SSSR count). The Bertz CT molecular complexity index is 591. The summed E-state index contributed by atoms with van der Waals surface area (Å²) < 4.78 is 66.2. The van der Waals surface area contributed by atoms with E-state index in [1.165, 1.54) is 12.1 Å². The molecule has 0 fully saturated rings. The average Bonchev–Trinajstić information content (AvgIpc) is 2.26. The van der Waals surface area contributed by atoms with E-state index in [1.54, 1.807) is 0 Å². The van der Waals surface area contributed by atoms with Gasteiger partial charge in [-0.05, 0) is 0 Å². The summed E-state index contributed by atoms with van der Waals surface area (Å²) in [5.41, 5.74) is -6.15. The molecule has 0 saturated heterocycles. The van der Waals surface area contributed by atoms with Crippen LogP contribution in [0.5, 0.6) is 11.6 Å². The van der Waals surface area contributed by atoms with Crippen molar-refractivity contribution in [3.05, 3.63) is 17.8 Å². The third-order valence-electron chi connectivity index (χ3n) is 1.68. The molecule has 0 aliphatic heterocycles. The Kier molecular flexibility index (Phi) is 3.66. The van der Waals surface area contributed by atoms with Crippen LogP contribution in [0.15, 0.2) is 12.3 Å². The van der Waals surface area contributed by atoms with Gasteiger partial charge in [0.2, 0.25) is 0 Å². The van der Waals surface area contributed by atoms with E-state index in [2.05, 4.69) is 13.9 Å². The van der Waals surface area contributed by atoms with Crippen molar-refractivity contribution in [2.45, 2.75) is 5.51 Å². The molecule has 0 aromatic carbocycles. The number of halogens is 3. The van der Waals surface area contributed by atoms with Gasteiger partial charge >= 0.3 is 15.6 Å². The summed E-state index contributed by atoms with van der Waals surface area (Å²) >= 11 is 0. The highest BCUT2D eigenvalue weighted by Crippen LogP contribution is 2.30. The Morgan fingerprint density at radius 3 is 2.50 bits per heavy atom. The standard InChI is InChI=1S/C8H5F3N2O4S/c1-16-6-2-3-13-7(5(6)4-12)17-18(14,15)8(9,10)11/h2-3H,1H3. The van der Waals surface area contributed by atoms with E-state index in [0.717, 1.165) is 13.3 Å². The van der Waals surface area contributed by atoms with Crippen LogP contribution in [-0.2, 0) is 10.1 Å². The fraction of sp³-hybridized carbons (Fsp3) is 0.250. The molecule has 0 aliphatic carbocycles. The van der Waals surface area contributed by atoms with Crippen LogP contribution in [0.3, 0.4) is 0 Å². The maximum atomic E-state index is 12.1. The molecule has 1 heterocycles. The Morgan fingerprint density at radius 1 is 1.44 bits per heavy atom. The van der Waals surface area contributed by atoms with Crippen molar-refractivity contribution in [3.63, 3.8) is 0 Å². The monoisotopic (exact) mass is 282 g/mol. The number of methoxy groups -OCH3 is 1. The van der Waals surface area contributed by atoms with Gasteiger partial charge in [0.1, 0.15) is 11.8 Å². The molecular weight excluding hydrogens is 277 g/mol. The minimum Gasteiger partial charge on any atom is -0.495 e. The first-order chi connectivity index (χ1) is 8.23. The molecular formula is C8H5F3N2O4S. The Hall–Kier alpha value is -2.02. The average molecular weight is 282 g/mol. The highest BCUT2D eigenvalue weighted by Gasteiger charge is 2.49. The van der Waals surface area contributed by atoms with Crippen LogP contribution < -0.4 is 8.92 Å². The molecule has 0 N–H and O–H groups in total. The van der Waals surface area contributed by atoms with E-state index in [0.29, 0.717) is 0 Å². The molecule has 1 aromatic rings. The summed E-state index contributed by atoms with van der Waals surface area (Å²) in [7, 11) is -4.73. The lowest BCUT2D eigenvalue weighted by molar-refractivity contribution is -0.0501. The lowest BCUT2D eigenvalue weighted by atomic mass is 10.3. The minimum atomic E-state index is -5.88. The van der Waals surface area contributed by atoms with E-state index in [1.807, 2.05) is 0 Å². The molecule has 0 saturated carbocycles. The van der Waals surface area contributed by atoms with E-state index >= 15 is 0 Å². The van der Waals surface area contributed by atoms with Crippen molar-refractivity contribution in [2.24, 2.45) is 0 Å². The van der Waals surface area contributed by atoms with Gasteiger partial charge in [0.05, 0.1) is 7.11 Å². The number of hydrogen-bond donors (Lipinski definition) is 0. The second-order valence-electron chi connectivity index (χ2n) is 2.79. The normalized spacial score (nSPS) is 11.7. The lowest BCUT2D eigenvalue weighted by Crippen LogP contribution is -2.28. The smallest absolute Gasteiger partial charge is 0.495 e. The van der Waals surface area contributed by atoms with Crippen LogP contribution in [-0.4, -0.2) is 26.0 Å². The first-order valence-electron chi connectivity index (χ1n) is 4.16. The molecule has 0 bridgehead atoms. The number of nitriles is 1. The zero-order valence-electron chi connectivity index (χ0n) is 8.72. The Morgan fingerprint density at radius 2 is 2.06 bits per heavy atom. The maximum absolute atomic E-state index is 12.1.